The number of hydrogen-bond donors (Lipinski definition) is 0. The van der Waals surface area contributed by atoms with E-state index in [0.717, 1.165) is 60.9 Å². The highest BCUT2D eigenvalue weighted by Crippen LogP contribution is 2.60. The number of para-hydroxylation sites is 1. The monoisotopic (exact) mass is 740 g/mol. The maximum absolute atomic E-state index is 9.66. The Bertz CT molecular complexity index is 3150. The van der Waals surface area contributed by atoms with Gasteiger partial charge in [-0.3, -0.25) is 0 Å². The van der Waals surface area contributed by atoms with E-state index in [1.807, 2.05) is 97.1 Å². The minimum atomic E-state index is -0.691. The summed E-state index contributed by atoms with van der Waals surface area (Å²) in [6.45, 7) is 0. The van der Waals surface area contributed by atoms with Gasteiger partial charge in [-0.1, -0.05) is 170 Å². The van der Waals surface area contributed by atoms with Crippen molar-refractivity contribution in [2.45, 2.75) is 5.41 Å². The lowest BCUT2D eigenvalue weighted by molar-refractivity contribution is 0.669. The van der Waals surface area contributed by atoms with Gasteiger partial charge in [-0.2, -0.15) is 5.26 Å². The van der Waals surface area contributed by atoms with Gasteiger partial charge >= 0.3 is 0 Å². The molecule has 5 heteroatoms. The summed E-state index contributed by atoms with van der Waals surface area (Å²) >= 11 is 0. The molecule has 0 bridgehead atoms. The second kappa shape index (κ2) is 13.4. The van der Waals surface area contributed by atoms with Gasteiger partial charge in [0.05, 0.1) is 17.0 Å². The van der Waals surface area contributed by atoms with Gasteiger partial charge in [-0.05, 0) is 63.2 Å². The van der Waals surface area contributed by atoms with Crippen LogP contribution in [0.3, 0.4) is 0 Å². The lowest BCUT2D eigenvalue weighted by Gasteiger charge is -2.34. The first-order valence-electron chi connectivity index (χ1n) is 19.3. The number of nitriles is 1. The summed E-state index contributed by atoms with van der Waals surface area (Å²) in [5, 5.41) is 11.8. The zero-order valence-corrected chi connectivity index (χ0v) is 31.2. The second-order valence-electron chi connectivity index (χ2n) is 14.6. The number of hydrogen-bond acceptors (Lipinski definition) is 5. The van der Waals surface area contributed by atoms with E-state index in [1.165, 1.54) is 22.3 Å². The summed E-state index contributed by atoms with van der Waals surface area (Å²) < 4.78 is 6.78. The smallest absolute Gasteiger partial charge is 0.164 e. The fourth-order valence-corrected chi connectivity index (χ4v) is 8.87. The molecule has 58 heavy (non-hydrogen) atoms. The van der Waals surface area contributed by atoms with Crippen molar-refractivity contribution in [1.82, 2.24) is 15.0 Å². The lowest BCUT2D eigenvalue weighted by Crippen LogP contribution is -2.28. The van der Waals surface area contributed by atoms with E-state index in [2.05, 4.69) is 103 Å². The maximum atomic E-state index is 9.66. The van der Waals surface area contributed by atoms with E-state index < -0.39 is 5.41 Å². The van der Waals surface area contributed by atoms with E-state index in [0.29, 0.717) is 23.0 Å². The van der Waals surface area contributed by atoms with Crippen LogP contribution in [0.4, 0.5) is 0 Å². The molecule has 8 aromatic carbocycles. The molecule has 0 saturated carbocycles. The summed E-state index contributed by atoms with van der Waals surface area (Å²) in [6.07, 6.45) is 0. The zero-order valence-electron chi connectivity index (χ0n) is 31.2. The number of furan rings is 1. The Morgan fingerprint density at radius 2 is 0.966 bits per heavy atom. The minimum Gasteiger partial charge on any atom is -0.455 e. The fraction of sp³-hybridized carbons (Fsp3) is 0.0189. The molecule has 1 aliphatic carbocycles. The van der Waals surface area contributed by atoms with Gasteiger partial charge in [-0.15, -0.1) is 0 Å². The number of aromatic nitrogens is 3. The summed E-state index contributed by atoms with van der Waals surface area (Å²) in [6, 6.07) is 69.2. The average molecular weight is 741 g/mol. The Hall–Kier alpha value is -7.94. The van der Waals surface area contributed by atoms with E-state index in [1.54, 1.807) is 0 Å². The number of benzene rings is 8. The molecule has 0 spiro atoms. The van der Waals surface area contributed by atoms with E-state index in [9.17, 15) is 5.26 Å². The first-order chi connectivity index (χ1) is 28.7. The van der Waals surface area contributed by atoms with Crippen LogP contribution in [0.5, 0.6) is 0 Å². The van der Waals surface area contributed by atoms with Crippen LogP contribution in [0.2, 0.25) is 0 Å². The second-order valence-corrected chi connectivity index (χ2v) is 14.6. The Balaban J connectivity index is 1.18. The Kier molecular flexibility index (Phi) is 7.70. The van der Waals surface area contributed by atoms with Crippen molar-refractivity contribution in [1.29, 1.82) is 5.26 Å². The van der Waals surface area contributed by atoms with Crippen molar-refractivity contribution in [3.05, 3.63) is 222 Å². The van der Waals surface area contributed by atoms with E-state index in [4.69, 9.17) is 19.4 Å². The Morgan fingerprint density at radius 1 is 0.448 bits per heavy atom. The zero-order chi connectivity index (χ0) is 38.6. The molecular weight excluding hydrogens is 709 g/mol. The highest BCUT2D eigenvalue weighted by atomic mass is 16.3. The molecule has 270 valence electrons. The normalized spacial score (nSPS) is 14.3. The van der Waals surface area contributed by atoms with Crippen LogP contribution < -0.4 is 0 Å². The summed E-state index contributed by atoms with van der Waals surface area (Å²) in [5.41, 5.74) is 13.3. The van der Waals surface area contributed by atoms with Crippen molar-refractivity contribution >= 4 is 21.9 Å². The molecule has 0 radical (unpaired) electrons. The molecule has 2 heterocycles. The molecule has 0 N–H and O–H groups in total. The van der Waals surface area contributed by atoms with Crippen molar-refractivity contribution < 1.29 is 4.42 Å². The molecule has 1 unspecified atom stereocenters. The molecule has 0 amide bonds. The molecule has 1 aliphatic rings. The van der Waals surface area contributed by atoms with Crippen molar-refractivity contribution in [3.63, 3.8) is 0 Å². The van der Waals surface area contributed by atoms with E-state index in [-0.39, 0.29) is 0 Å². The van der Waals surface area contributed by atoms with Gasteiger partial charge in [0.25, 0.3) is 0 Å². The third-order valence-electron chi connectivity index (χ3n) is 11.5. The molecule has 5 nitrogen and oxygen atoms in total. The summed E-state index contributed by atoms with van der Waals surface area (Å²) in [7, 11) is 0. The SMILES string of the molecule is N#Cc1ccc(-c2cc3c(c4c2oc2ccccc24)-c2ccccc2C3(c2ccccc2)c2ccc(-c3nc(-c4ccccc4)nc(-c4ccccc4)n3)cc2)cc1. The number of rotatable bonds is 6. The number of nitrogens with zero attached hydrogens (tertiary/aromatic N) is 4. The predicted octanol–water partition coefficient (Wildman–Crippen LogP) is 12.7. The summed E-state index contributed by atoms with van der Waals surface area (Å²) in [4.78, 5) is 15.0. The molecule has 2 aromatic heterocycles. The Labute approximate surface area is 335 Å². The van der Waals surface area contributed by atoms with Crippen LogP contribution in [0.15, 0.2) is 199 Å². The maximum Gasteiger partial charge on any atom is 0.164 e. The highest BCUT2D eigenvalue weighted by Gasteiger charge is 2.47. The first-order valence-corrected chi connectivity index (χ1v) is 19.3. The van der Waals surface area contributed by atoms with Gasteiger partial charge in [0, 0.05) is 33.0 Å². The molecule has 1 atom stereocenters. The van der Waals surface area contributed by atoms with Crippen molar-refractivity contribution in [2.75, 3.05) is 0 Å². The number of fused-ring (bicyclic) bond motifs is 7. The largest absolute Gasteiger partial charge is 0.455 e. The van der Waals surface area contributed by atoms with E-state index >= 15 is 0 Å². The molecular formula is C53H32N4O. The van der Waals surface area contributed by atoms with Crippen LogP contribution in [0.25, 0.3) is 78.4 Å². The van der Waals surface area contributed by atoms with Gasteiger partial charge in [0.1, 0.15) is 11.2 Å². The molecule has 0 fully saturated rings. The van der Waals surface area contributed by atoms with Crippen LogP contribution in [-0.4, -0.2) is 15.0 Å². The van der Waals surface area contributed by atoms with Crippen molar-refractivity contribution in [3.8, 4) is 62.5 Å². The van der Waals surface area contributed by atoms with Gasteiger partial charge in [-0.25, -0.2) is 15.0 Å². The molecule has 0 saturated heterocycles. The molecule has 0 aliphatic heterocycles. The Morgan fingerprint density at radius 3 is 1.60 bits per heavy atom. The quantitative estimate of drug-likeness (QED) is 0.170. The molecule has 10 aromatic rings. The third kappa shape index (κ3) is 5.13. The van der Waals surface area contributed by atoms with Crippen LogP contribution in [0, 0.1) is 11.3 Å². The van der Waals surface area contributed by atoms with Crippen LogP contribution >= 0.6 is 0 Å². The van der Waals surface area contributed by atoms with Crippen LogP contribution in [-0.2, 0) is 5.41 Å². The lowest BCUT2D eigenvalue weighted by atomic mass is 9.67. The first kappa shape index (κ1) is 33.4. The highest BCUT2D eigenvalue weighted by molar-refractivity contribution is 6.19. The van der Waals surface area contributed by atoms with Gasteiger partial charge < -0.3 is 4.42 Å². The predicted molar refractivity (Wildman–Crippen MR) is 231 cm³/mol. The topological polar surface area (TPSA) is 75.6 Å². The van der Waals surface area contributed by atoms with Crippen LogP contribution in [0.1, 0.15) is 27.8 Å². The van der Waals surface area contributed by atoms with Crippen molar-refractivity contribution in [2.24, 2.45) is 0 Å². The van der Waals surface area contributed by atoms with Gasteiger partial charge in [0.2, 0.25) is 0 Å². The van der Waals surface area contributed by atoms with Gasteiger partial charge in [0.15, 0.2) is 17.5 Å². The average Bonchev–Trinajstić information content (AvgIpc) is 3.84. The summed E-state index contributed by atoms with van der Waals surface area (Å²) in [5.74, 6) is 1.86. The molecule has 11 rings (SSSR count). The minimum absolute atomic E-state index is 0.606. The standard InChI is InChI=1S/C53H32N4O/c54-33-34-24-26-35(27-25-34)43-32-45-47(48-42-21-11-13-23-46(42)58-49(43)48)41-20-10-12-22-44(41)53(45,39-18-8-3-9-19-39)40-30-28-38(29-31-40)52-56-50(36-14-4-1-5-15-36)55-51(57-52)37-16-6-2-7-17-37/h1-32H. The fourth-order valence-electron chi connectivity index (χ4n) is 8.87. The third-order valence-corrected chi connectivity index (χ3v) is 11.5.